The zero-order valence-electron chi connectivity index (χ0n) is 25.0. The van der Waals surface area contributed by atoms with E-state index in [2.05, 4.69) is 29.9 Å². The molecule has 0 radical (unpaired) electrons. The maximum absolute atomic E-state index is 13.6. The number of aromatic nitrogens is 4. The molecule has 2 aromatic heterocycles. The first-order valence-electron chi connectivity index (χ1n) is 13.8. The van der Waals surface area contributed by atoms with Crippen molar-refractivity contribution in [2.45, 2.75) is 24.5 Å². The fraction of sp³-hybridized carbons (Fsp3) is 0.269. The van der Waals surface area contributed by atoms with Gasteiger partial charge in [-0.15, -0.1) is 0 Å². The molecule has 1 saturated heterocycles. The molecule has 4 aromatic rings. The molecule has 20 nitrogen and oxygen atoms in total. The topological polar surface area (TPSA) is 289 Å². The number of nitrogen functional groups attached to an aromatic ring is 1. The maximum atomic E-state index is 13.6. The predicted octanol–water partition coefficient (Wildman–Crippen LogP) is 1.36. The fourth-order valence-corrected chi connectivity index (χ4v) is 6.52. The summed E-state index contributed by atoms with van der Waals surface area (Å²) in [5.74, 6) is -2.18. The summed E-state index contributed by atoms with van der Waals surface area (Å²) in [4.78, 5) is 78.3. The molecule has 0 amide bonds. The van der Waals surface area contributed by atoms with Gasteiger partial charge in [0.15, 0.2) is 29.6 Å². The van der Waals surface area contributed by atoms with Crippen molar-refractivity contribution in [3.05, 3.63) is 76.3 Å². The second-order valence-electron chi connectivity index (χ2n) is 10.0. The number of hydrogen-bond donors (Lipinski definition) is 7. The number of carbonyl (C=O) groups is 2. The first-order chi connectivity index (χ1) is 22.7. The third-order valence-electron chi connectivity index (χ3n) is 6.94. The van der Waals surface area contributed by atoms with Crippen LogP contribution in [0, 0.1) is 0 Å². The van der Waals surface area contributed by atoms with Crippen LogP contribution in [0.25, 0.3) is 11.2 Å². The summed E-state index contributed by atoms with van der Waals surface area (Å²) in [6.45, 7) is -1.00. The summed E-state index contributed by atoms with van der Waals surface area (Å²) >= 11 is 0. The molecule has 1 aliphatic heterocycles. The van der Waals surface area contributed by atoms with E-state index in [4.69, 9.17) is 34.3 Å². The van der Waals surface area contributed by atoms with Gasteiger partial charge in [-0.3, -0.25) is 18.9 Å². The molecule has 5 atom stereocenters. The largest absolute Gasteiger partial charge is 0.481 e. The lowest BCUT2D eigenvalue weighted by molar-refractivity contribution is -0.0558. The van der Waals surface area contributed by atoms with E-state index in [0.717, 1.165) is 10.9 Å². The van der Waals surface area contributed by atoms with Crippen molar-refractivity contribution in [2.75, 3.05) is 37.1 Å². The molecule has 2 aromatic carbocycles. The van der Waals surface area contributed by atoms with E-state index in [0.29, 0.717) is 11.4 Å². The van der Waals surface area contributed by atoms with Gasteiger partial charge in [-0.25, -0.2) is 23.7 Å². The van der Waals surface area contributed by atoms with E-state index >= 15 is 0 Å². The van der Waals surface area contributed by atoms with Crippen LogP contribution in [-0.2, 0) is 32.2 Å². The predicted molar refractivity (Wildman–Crippen MR) is 166 cm³/mol. The van der Waals surface area contributed by atoms with Crippen LogP contribution in [0.3, 0.4) is 0 Å². The smallest absolute Gasteiger partial charge is 0.452 e. The minimum Gasteiger partial charge on any atom is -0.452 e. The second-order valence-corrected chi connectivity index (χ2v) is 12.8. The molecule has 0 saturated carbocycles. The number of nitrogens with two attached hydrogens (primary N) is 1. The zero-order valence-corrected chi connectivity index (χ0v) is 26.7. The van der Waals surface area contributed by atoms with Crippen molar-refractivity contribution >= 4 is 56.1 Å². The number of phosphoric ester groups is 1. The number of aromatic amines is 1. The number of esters is 2. The molecule has 1 aliphatic rings. The number of nitrogens with one attached hydrogen (secondary N) is 3. The summed E-state index contributed by atoms with van der Waals surface area (Å²) in [5, 5.41) is 5.70. The SMILES string of the molecule is CNc1ccccc1C(=O)O[C@@H]1[C@H](OC(=O)c2ccccc2NC)[C@@H](COP(=O)(O)OP(=O)(O)O)O[C@H]1n1cnc2c(=O)[nH]c(N)nc21. The summed E-state index contributed by atoms with van der Waals surface area (Å²) in [6, 6.07) is 12.5. The van der Waals surface area contributed by atoms with Crippen molar-refractivity contribution in [3.63, 3.8) is 0 Å². The Kier molecular flexibility index (Phi) is 9.99. The molecule has 0 aliphatic carbocycles. The van der Waals surface area contributed by atoms with Crippen LogP contribution in [0.5, 0.6) is 0 Å². The average Bonchev–Trinajstić information content (AvgIpc) is 3.59. The van der Waals surface area contributed by atoms with Gasteiger partial charge in [-0.2, -0.15) is 9.29 Å². The van der Waals surface area contributed by atoms with E-state index < -0.39 is 64.3 Å². The van der Waals surface area contributed by atoms with Gasteiger partial charge in [0, 0.05) is 25.5 Å². The highest BCUT2D eigenvalue weighted by molar-refractivity contribution is 7.60. The fourth-order valence-electron chi connectivity index (χ4n) is 4.92. The number of fused-ring (bicyclic) bond motifs is 1. The van der Waals surface area contributed by atoms with Crippen molar-refractivity contribution < 1.29 is 56.4 Å². The Morgan fingerprint density at radius 1 is 0.979 bits per heavy atom. The van der Waals surface area contributed by atoms with E-state index in [9.17, 15) is 28.4 Å². The van der Waals surface area contributed by atoms with Gasteiger partial charge in [0.1, 0.15) is 6.10 Å². The Labute approximate surface area is 270 Å². The van der Waals surface area contributed by atoms with Crippen molar-refractivity contribution in [1.29, 1.82) is 0 Å². The molecule has 3 heterocycles. The quantitative estimate of drug-likeness (QED) is 0.0807. The van der Waals surface area contributed by atoms with Crippen LogP contribution >= 0.6 is 15.6 Å². The zero-order chi connectivity index (χ0) is 34.8. The Morgan fingerprint density at radius 3 is 2.10 bits per heavy atom. The minimum absolute atomic E-state index is 0.0421. The van der Waals surface area contributed by atoms with Crippen LogP contribution in [0.4, 0.5) is 17.3 Å². The molecule has 1 fully saturated rings. The number of ether oxygens (including phenoxy) is 3. The molecule has 5 rings (SSSR count). The lowest BCUT2D eigenvalue weighted by Gasteiger charge is -2.25. The van der Waals surface area contributed by atoms with Gasteiger partial charge >= 0.3 is 27.6 Å². The van der Waals surface area contributed by atoms with Gasteiger partial charge in [-0.1, -0.05) is 24.3 Å². The van der Waals surface area contributed by atoms with Gasteiger partial charge in [0.25, 0.3) is 5.56 Å². The maximum Gasteiger partial charge on any atom is 0.481 e. The van der Waals surface area contributed by atoms with Crippen LogP contribution in [-0.4, -0.2) is 85.2 Å². The standard InChI is InChI=1S/C26H29N7O13P2/c1-28-15-9-5-3-7-13(15)24(35)44-19-17(11-42-48(40,41)46-47(37,38)39)43-23(33-12-30-18-21(33)31-26(27)32-22(18)34)20(19)45-25(36)14-8-4-6-10-16(14)29-2/h3-10,12,17,19-20,23,28-29H,11H2,1-2H3,(H,40,41)(H2,37,38,39)(H3,27,31,32,34)/t17-,19-,20-,23-/m1/s1. The molecule has 0 bridgehead atoms. The highest BCUT2D eigenvalue weighted by Crippen LogP contribution is 2.58. The molecule has 22 heteroatoms. The molecule has 48 heavy (non-hydrogen) atoms. The number of H-pyrrole nitrogens is 1. The Morgan fingerprint density at radius 2 is 1.54 bits per heavy atom. The number of rotatable bonds is 12. The molecular formula is C26H29N7O13P2. The Bertz CT molecular complexity index is 2000. The highest BCUT2D eigenvalue weighted by Gasteiger charge is 2.52. The summed E-state index contributed by atoms with van der Waals surface area (Å²) in [7, 11) is -7.81. The molecule has 0 spiro atoms. The number of para-hydroxylation sites is 2. The summed E-state index contributed by atoms with van der Waals surface area (Å²) in [6.07, 6.45) is -5.24. The highest BCUT2D eigenvalue weighted by atomic mass is 31.3. The van der Waals surface area contributed by atoms with Gasteiger partial charge in [0.05, 0.1) is 24.1 Å². The third-order valence-corrected chi connectivity index (χ3v) is 9.09. The second kappa shape index (κ2) is 13.8. The van der Waals surface area contributed by atoms with Crippen LogP contribution in [0.2, 0.25) is 0 Å². The number of nitrogens with zero attached hydrogens (tertiary/aromatic N) is 3. The summed E-state index contributed by atoms with van der Waals surface area (Å²) in [5.41, 5.74) is 5.56. The average molecular weight is 710 g/mol. The Balaban J connectivity index is 1.60. The van der Waals surface area contributed by atoms with Crippen molar-refractivity contribution in [3.8, 4) is 0 Å². The number of phosphoric acid groups is 2. The number of carbonyl (C=O) groups excluding carboxylic acids is 2. The molecular weight excluding hydrogens is 680 g/mol. The molecule has 1 unspecified atom stereocenters. The number of anilines is 3. The van der Waals surface area contributed by atoms with Crippen molar-refractivity contribution in [2.24, 2.45) is 0 Å². The molecule has 8 N–H and O–H groups in total. The van der Waals surface area contributed by atoms with Gasteiger partial charge in [0.2, 0.25) is 5.95 Å². The third kappa shape index (κ3) is 7.56. The van der Waals surface area contributed by atoms with Gasteiger partial charge in [-0.05, 0) is 24.3 Å². The summed E-state index contributed by atoms with van der Waals surface area (Å²) < 4.78 is 51.3. The first kappa shape index (κ1) is 34.7. The van der Waals surface area contributed by atoms with E-state index in [1.165, 1.54) is 12.1 Å². The number of imidazole rings is 1. The van der Waals surface area contributed by atoms with E-state index in [1.807, 2.05) is 0 Å². The van der Waals surface area contributed by atoms with Crippen LogP contribution in [0.15, 0.2) is 59.7 Å². The van der Waals surface area contributed by atoms with Crippen molar-refractivity contribution in [1.82, 2.24) is 19.5 Å². The Hall–Kier alpha value is -4.65. The van der Waals surface area contributed by atoms with Gasteiger partial charge < -0.3 is 45.3 Å². The lowest BCUT2D eigenvalue weighted by atomic mass is 10.1. The molecule has 256 valence electrons. The monoisotopic (exact) mass is 709 g/mol. The van der Waals surface area contributed by atoms with Crippen LogP contribution < -0.4 is 21.9 Å². The number of hydrogen-bond acceptors (Lipinski definition) is 15. The van der Waals surface area contributed by atoms with E-state index in [1.54, 1.807) is 50.5 Å². The minimum atomic E-state index is -5.51. The van der Waals surface area contributed by atoms with Crippen LogP contribution in [0.1, 0.15) is 26.9 Å². The normalized spacial score (nSPS) is 20.6. The number of benzene rings is 2. The van der Waals surface area contributed by atoms with E-state index in [-0.39, 0.29) is 28.2 Å². The first-order valence-corrected chi connectivity index (χ1v) is 16.8. The lowest BCUT2D eigenvalue weighted by Crippen LogP contribution is -2.41.